The average molecular weight is 310 g/mol. The van der Waals surface area contributed by atoms with Crippen LogP contribution >= 0.6 is 0 Å². The van der Waals surface area contributed by atoms with Gasteiger partial charge in [0.05, 0.1) is 0 Å². The molecular weight excluding hydrogens is 288 g/mol. The van der Waals surface area contributed by atoms with Gasteiger partial charge in [0.2, 0.25) is 0 Å². The molecule has 1 aliphatic carbocycles. The van der Waals surface area contributed by atoms with E-state index in [9.17, 15) is 9.90 Å². The predicted octanol–water partition coefficient (Wildman–Crippen LogP) is 1.20. The van der Waals surface area contributed by atoms with Gasteiger partial charge in [0.1, 0.15) is 6.10 Å². The number of benzene rings is 2. The van der Waals surface area contributed by atoms with Crippen molar-refractivity contribution in [3.63, 3.8) is 0 Å². The number of aliphatic hydroxyl groups excluding tert-OH is 1. The molecule has 0 bridgehead atoms. The number of aliphatic hydroxyl groups is 1. The van der Waals surface area contributed by atoms with Crippen molar-refractivity contribution in [3.8, 4) is 0 Å². The first-order chi connectivity index (χ1) is 11.1. The molecule has 0 fully saturated rings. The number of hydrogen-bond donors (Lipinski definition) is 3. The van der Waals surface area contributed by atoms with Crippen LogP contribution < -0.4 is 11.1 Å². The number of carbonyl (C=O) groups excluding carboxylic acids is 1. The summed E-state index contributed by atoms with van der Waals surface area (Å²) in [6.07, 6.45) is 0.893. The second-order valence-corrected chi connectivity index (χ2v) is 6.18. The van der Waals surface area contributed by atoms with E-state index in [0.29, 0.717) is 6.42 Å². The van der Waals surface area contributed by atoms with Crippen molar-refractivity contribution < 1.29 is 9.90 Å². The van der Waals surface area contributed by atoms with E-state index in [-0.39, 0.29) is 11.9 Å². The molecule has 2 atom stereocenters. The van der Waals surface area contributed by atoms with Crippen molar-refractivity contribution in [2.24, 2.45) is 5.73 Å². The van der Waals surface area contributed by atoms with Gasteiger partial charge in [-0.15, -0.1) is 0 Å². The molecular formula is C19H22N2O2. The Balaban J connectivity index is 1.54. The lowest BCUT2D eigenvalue weighted by Gasteiger charge is -2.21. The van der Waals surface area contributed by atoms with Crippen molar-refractivity contribution in [1.82, 2.24) is 5.32 Å². The molecule has 4 heteroatoms. The summed E-state index contributed by atoms with van der Waals surface area (Å²) in [5.41, 5.74) is 9.54. The van der Waals surface area contributed by atoms with Crippen molar-refractivity contribution >= 4 is 5.91 Å². The van der Waals surface area contributed by atoms with Gasteiger partial charge < -0.3 is 16.2 Å². The third-order valence-electron chi connectivity index (χ3n) is 4.39. The molecule has 4 N–H and O–H groups in total. The van der Waals surface area contributed by atoms with Crippen LogP contribution in [0.25, 0.3) is 0 Å². The zero-order chi connectivity index (χ0) is 16.2. The Hall–Kier alpha value is -2.17. The third kappa shape index (κ3) is 3.78. The molecule has 2 aromatic rings. The molecule has 0 aromatic heterocycles. The molecule has 0 saturated carbocycles. The van der Waals surface area contributed by atoms with Gasteiger partial charge in [0, 0.05) is 12.1 Å². The molecule has 2 aromatic carbocycles. The van der Waals surface area contributed by atoms with E-state index in [1.54, 1.807) is 0 Å². The van der Waals surface area contributed by atoms with Crippen LogP contribution in [0.1, 0.15) is 16.7 Å². The van der Waals surface area contributed by atoms with E-state index in [1.807, 2.05) is 42.5 Å². The van der Waals surface area contributed by atoms with Gasteiger partial charge in [-0.3, -0.25) is 4.79 Å². The van der Waals surface area contributed by atoms with E-state index >= 15 is 0 Å². The summed E-state index contributed by atoms with van der Waals surface area (Å²) in [6, 6.07) is 17.3. The maximum atomic E-state index is 12.2. The Morgan fingerprint density at radius 3 is 2.26 bits per heavy atom. The maximum absolute atomic E-state index is 12.2. The number of fused-ring (bicyclic) bond motifs is 1. The molecule has 2 unspecified atom stereocenters. The van der Waals surface area contributed by atoms with Crippen molar-refractivity contribution in [1.29, 1.82) is 0 Å². The highest BCUT2D eigenvalue weighted by atomic mass is 16.3. The normalized spacial score (nSPS) is 16.6. The number of amides is 1. The predicted molar refractivity (Wildman–Crippen MR) is 89.9 cm³/mol. The fraction of sp³-hybridized carbons (Fsp3) is 0.316. The third-order valence-corrected chi connectivity index (χ3v) is 4.39. The van der Waals surface area contributed by atoms with Crippen LogP contribution in [0.15, 0.2) is 54.6 Å². The number of carbonyl (C=O) groups is 1. The van der Waals surface area contributed by atoms with Gasteiger partial charge in [-0.1, -0.05) is 54.6 Å². The summed E-state index contributed by atoms with van der Waals surface area (Å²) in [6.45, 7) is 0. The van der Waals surface area contributed by atoms with Gasteiger partial charge in [-0.2, -0.15) is 0 Å². The lowest BCUT2D eigenvalue weighted by Crippen LogP contribution is -2.50. The second kappa shape index (κ2) is 6.94. The largest absolute Gasteiger partial charge is 0.382 e. The maximum Gasteiger partial charge on any atom is 0.250 e. The standard InChI is InChI=1S/C19H22N2O2/c20-17(10-13-6-2-1-3-7-13)18(22)19(23)21-16-11-14-8-4-5-9-15(14)12-16/h1-9,16-18,22H,10-12,20H2,(H,21,23). The van der Waals surface area contributed by atoms with E-state index in [0.717, 1.165) is 18.4 Å². The smallest absolute Gasteiger partial charge is 0.250 e. The average Bonchev–Trinajstić information content (AvgIpc) is 2.97. The molecule has 1 aliphatic rings. The van der Waals surface area contributed by atoms with Crippen molar-refractivity contribution in [2.45, 2.75) is 37.5 Å². The van der Waals surface area contributed by atoms with Crippen molar-refractivity contribution in [3.05, 3.63) is 71.3 Å². The van der Waals surface area contributed by atoms with Gasteiger partial charge in [-0.05, 0) is 36.0 Å². The topological polar surface area (TPSA) is 75.3 Å². The summed E-state index contributed by atoms with van der Waals surface area (Å²) >= 11 is 0. The van der Waals surface area contributed by atoms with Crippen LogP contribution in [0, 0.1) is 0 Å². The molecule has 0 aliphatic heterocycles. The summed E-state index contributed by atoms with van der Waals surface area (Å²) in [5, 5.41) is 13.1. The highest BCUT2D eigenvalue weighted by molar-refractivity contribution is 5.81. The Morgan fingerprint density at radius 2 is 1.65 bits per heavy atom. The first-order valence-electron chi connectivity index (χ1n) is 7.98. The molecule has 4 nitrogen and oxygen atoms in total. The number of nitrogens with two attached hydrogens (primary N) is 1. The Morgan fingerprint density at radius 1 is 1.09 bits per heavy atom. The molecule has 120 valence electrons. The SMILES string of the molecule is NC(Cc1ccccc1)C(O)C(=O)NC1Cc2ccccc2C1. The molecule has 0 heterocycles. The van der Waals surface area contributed by atoms with E-state index in [4.69, 9.17) is 5.73 Å². The highest BCUT2D eigenvalue weighted by Gasteiger charge is 2.28. The van der Waals surface area contributed by atoms with Crippen LogP contribution in [0.4, 0.5) is 0 Å². The fourth-order valence-corrected chi connectivity index (χ4v) is 3.14. The minimum atomic E-state index is -1.20. The minimum Gasteiger partial charge on any atom is -0.382 e. The van der Waals surface area contributed by atoms with Crippen LogP contribution in [-0.4, -0.2) is 29.2 Å². The van der Waals surface area contributed by atoms with Gasteiger partial charge in [0.25, 0.3) is 5.91 Å². The number of hydrogen-bond acceptors (Lipinski definition) is 3. The molecule has 0 spiro atoms. The quantitative estimate of drug-likeness (QED) is 0.777. The molecule has 0 saturated heterocycles. The molecule has 1 amide bonds. The molecule has 3 rings (SSSR count). The number of nitrogens with one attached hydrogen (secondary N) is 1. The van der Waals surface area contributed by atoms with Crippen LogP contribution in [0.2, 0.25) is 0 Å². The summed E-state index contributed by atoms with van der Waals surface area (Å²) in [5.74, 6) is -0.383. The second-order valence-electron chi connectivity index (χ2n) is 6.18. The first kappa shape index (κ1) is 15.7. The zero-order valence-electron chi connectivity index (χ0n) is 13.0. The molecule has 0 radical (unpaired) electrons. The number of rotatable bonds is 5. The lowest BCUT2D eigenvalue weighted by atomic mass is 10.0. The van der Waals surface area contributed by atoms with E-state index < -0.39 is 12.1 Å². The Bertz CT molecular complexity index is 647. The van der Waals surface area contributed by atoms with Crippen molar-refractivity contribution in [2.75, 3.05) is 0 Å². The fourth-order valence-electron chi connectivity index (χ4n) is 3.14. The minimum absolute atomic E-state index is 0.0403. The molecule has 23 heavy (non-hydrogen) atoms. The Labute approximate surface area is 136 Å². The first-order valence-corrected chi connectivity index (χ1v) is 7.98. The zero-order valence-corrected chi connectivity index (χ0v) is 13.0. The summed E-state index contributed by atoms with van der Waals surface area (Å²) in [4.78, 5) is 12.2. The van der Waals surface area contributed by atoms with E-state index in [1.165, 1.54) is 11.1 Å². The monoisotopic (exact) mass is 310 g/mol. The summed E-state index contributed by atoms with van der Waals surface area (Å²) in [7, 11) is 0. The van der Waals surface area contributed by atoms with Gasteiger partial charge >= 0.3 is 0 Å². The Kier molecular flexibility index (Phi) is 4.74. The summed E-state index contributed by atoms with van der Waals surface area (Å²) < 4.78 is 0. The van der Waals surface area contributed by atoms with Crippen LogP contribution in [0.5, 0.6) is 0 Å². The van der Waals surface area contributed by atoms with E-state index in [2.05, 4.69) is 17.4 Å². The van der Waals surface area contributed by atoms with Gasteiger partial charge in [-0.25, -0.2) is 0 Å². The van der Waals surface area contributed by atoms with Crippen LogP contribution in [0.3, 0.4) is 0 Å². The van der Waals surface area contributed by atoms with Crippen LogP contribution in [-0.2, 0) is 24.1 Å². The lowest BCUT2D eigenvalue weighted by molar-refractivity contribution is -0.131. The van der Waals surface area contributed by atoms with Gasteiger partial charge in [0.15, 0.2) is 0 Å². The highest BCUT2D eigenvalue weighted by Crippen LogP contribution is 2.21.